The van der Waals surface area contributed by atoms with Crippen LogP contribution in [0.5, 0.6) is 5.88 Å². The molecule has 0 atom stereocenters. The SMILES string of the molecule is CN(C)c1cc2[nH]c(=O)[nH]c2cc1N=Cc1c(O)n(-c2ccccc2)c(=O)[nH]c1=O. The van der Waals surface area contributed by atoms with Gasteiger partial charge in [-0.15, -0.1) is 0 Å². The fourth-order valence-electron chi connectivity index (χ4n) is 3.13. The van der Waals surface area contributed by atoms with Crippen molar-refractivity contribution in [1.82, 2.24) is 19.5 Å². The summed E-state index contributed by atoms with van der Waals surface area (Å²) in [7, 11) is 3.62. The molecule has 0 fully saturated rings. The number of imidazole rings is 1. The Balaban J connectivity index is 1.87. The minimum absolute atomic E-state index is 0.175. The Labute approximate surface area is 168 Å². The third-order valence-corrected chi connectivity index (χ3v) is 4.56. The Hall–Kier alpha value is -4.34. The highest BCUT2D eigenvalue weighted by Gasteiger charge is 2.15. The van der Waals surface area contributed by atoms with Gasteiger partial charge in [0.1, 0.15) is 5.56 Å². The van der Waals surface area contributed by atoms with E-state index in [1.807, 2.05) is 14.1 Å². The summed E-state index contributed by atoms with van der Waals surface area (Å²) in [6.07, 6.45) is 1.19. The highest BCUT2D eigenvalue weighted by molar-refractivity contribution is 5.91. The van der Waals surface area contributed by atoms with Gasteiger partial charge in [-0.3, -0.25) is 14.8 Å². The summed E-state index contributed by atoms with van der Waals surface area (Å²) < 4.78 is 0.989. The van der Waals surface area contributed by atoms with E-state index >= 15 is 0 Å². The molecule has 0 amide bonds. The van der Waals surface area contributed by atoms with Crippen molar-refractivity contribution < 1.29 is 5.11 Å². The third kappa shape index (κ3) is 3.30. The number of nitrogens with one attached hydrogen (secondary N) is 3. The van der Waals surface area contributed by atoms with Gasteiger partial charge in [0.2, 0.25) is 5.88 Å². The lowest BCUT2D eigenvalue weighted by molar-refractivity contribution is 0.430. The van der Waals surface area contributed by atoms with Crippen LogP contribution < -0.4 is 21.8 Å². The summed E-state index contributed by atoms with van der Waals surface area (Å²) in [5, 5.41) is 10.6. The van der Waals surface area contributed by atoms with Crippen LogP contribution in [0.1, 0.15) is 5.56 Å². The number of aromatic nitrogens is 4. The number of aromatic hydroxyl groups is 1. The molecular weight excluding hydrogens is 388 g/mol. The van der Waals surface area contributed by atoms with Crippen LogP contribution >= 0.6 is 0 Å². The Bertz CT molecular complexity index is 1440. The van der Waals surface area contributed by atoms with Crippen LogP contribution in [0.15, 0.2) is 61.8 Å². The monoisotopic (exact) mass is 406 g/mol. The van der Waals surface area contributed by atoms with Gasteiger partial charge in [0.25, 0.3) is 5.56 Å². The van der Waals surface area contributed by atoms with E-state index < -0.39 is 17.1 Å². The van der Waals surface area contributed by atoms with Gasteiger partial charge in [0.15, 0.2) is 0 Å². The maximum atomic E-state index is 12.3. The van der Waals surface area contributed by atoms with Gasteiger partial charge in [-0.2, -0.15) is 0 Å². The zero-order valence-electron chi connectivity index (χ0n) is 16.1. The predicted octanol–water partition coefficient (Wildman–Crippen LogP) is 1.22. The lowest BCUT2D eigenvalue weighted by Gasteiger charge is -2.15. The Kier molecular flexibility index (Phi) is 4.59. The molecule has 2 aromatic heterocycles. The van der Waals surface area contributed by atoms with Gasteiger partial charge in [0.05, 0.1) is 28.1 Å². The average Bonchev–Trinajstić information content (AvgIpc) is 3.06. The molecule has 4 aromatic rings. The highest BCUT2D eigenvalue weighted by atomic mass is 16.3. The Morgan fingerprint density at radius 3 is 2.33 bits per heavy atom. The maximum Gasteiger partial charge on any atom is 0.335 e. The second-order valence-corrected chi connectivity index (χ2v) is 6.79. The van der Waals surface area contributed by atoms with Crippen LogP contribution in [0.4, 0.5) is 11.4 Å². The first kappa shape index (κ1) is 19.0. The number of fused-ring (bicyclic) bond motifs is 1. The molecule has 30 heavy (non-hydrogen) atoms. The molecule has 152 valence electrons. The van der Waals surface area contributed by atoms with E-state index in [0.717, 1.165) is 4.57 Å². The molecule has 10 nitrogen and oxygen atoms in total. The molecule has 0 spiro atoms. The van der Waals surface area contributed by atoms with E-state index in [9.17, 15) is 19.5 Å². The van der Waals surface area contributed by atoms with Crippen LogP contribution in [0, 0.1) is 0 Å². The van der Waals surface area contributed by atoms with Crippen molar-refractivity contribution in [2.75, 3.05) is 19.0 Å². The van der Waals surface area contributed by atoms with Crippen LogP contribution in [0.2, 0.25) is 0 Å². The molecule has 0 aliphatic heterocycles. The molecular formula is C20H18N6O4. The number of H-pyrrole nitrogens is 3. The summed E-state index contributed by atoms with van der Waals surface area (Å²) in [5.41, 5.74) is 0.639. The normalized spacial score (nSPS) is 11.4. The number of nitrogens with zero attached hydrogens (tertiary/aromatic N) is 3. The van der Waals surface area contributed by atoms with Gasteiger partial charge in [-0.1, -0.05) is 18.2 Å². The van der Waals surface area contributed by atoms with Gasteiger partial charge >= 0.3 is 11.4 Å². The number of anilines is 1. The quantitative estimate of drug-likeness (QED) is 0.377. The summed E-state index contributed by atoms with van der Waals surface area (Å²) in [6.45, 7) is 0. The molecule has 0 saturated heterocycles. The van der Waals surface area contributed by atoms with E-state index in [0.29, 0.717) is 28.1 Å². The summed E-state index contributed by atoms with van der Waals surface area (Å²) in [5.74, 6) is -0.527. The first-order valence-electron chi connectivity index (χ1n) is 8.96. The highest BCUT2D eigenvalue weighted by Crippen LogP contribution is 2.31. The second-order valence-electron chi connectivity index (χ2n) is 6.79. The molecule has 0 unspecified atom stereocenters. The topological polar surface area (TPSA) is 139 Å². The van der Waals surface area contributed by atoms with Gasteiger partial charge in [-0.05, 0) is 24.3 Å². The van der Waals surface area contributed by atoms with Crippen molar-refractivity contribution in [3.05, 3.63) is 79.4 Å². The first-order chi connectivity index (χ1) is 14.3. The Morgan fingerprint density at radius 2 is 1.67 bits per heavy atom. The largest absolute Gasteiger partial charge is 0.493 e. The Morgan fingerprint density at radius 1 is 1.00 bits per heavy atom. The number of para-hydroxylation sites is 1. The number of aliphatic imine (C=N–C) groups is 1. The van der Waals surface area contributed by atoms with E-state index in [1.165, 1.54) is 6.21 Å². The van der Waals surface area contributed by atoms with Crippen molar-refractivity contribution in [3.63, 3.8) is 0 Å². The number of hydrogen-bond donors (Lipinski definition) is 4. The van der Waals surface area contributed by atoms with E-state index in [1.54, 1.807) is 47.4 Å². The molecule has 4 N–H and O–H groups in total. The smallest absolute Gasteiger partial charge is 0.335 e. The van der Waals surface area contributed by atoms with Gasteiger partial charge < -0.3 is 20.0 Å². The fraction of sp³-hybridized carbons (Fsp3) is 0.100. The van der Waals surface area contributed by atoms with E-state index in [-0.39, 0.29) is 11.3 Å². The molecule has 2 aromatic carbocycles. The number of hydrogen-bond acceptors (Lipinski definition) is 6. The van der Waals surface area contributed by atoms with Crippen LogP contribution in [0.25, 0.3) is 16.7 Å². The minimum Gasteiger partial charge on any atom is -0.493 e. The van der Waals surface area contributed by atoms with Crippen molar-refractivity contribution >= 4 is 28.6 Å². The molecule has 2 heterocycles. The van der Waals surface area contributed by atoms with E-state index in [4.69, 9.17) is 0 Å². The van der Waals surface area contributed by atoms with Crippen molar-refractivity contribution in [1.29, 1.82) is 0 Å². The maximum absolute atomic E-state index is 12.3. The van der Waals surface area contributed by atoms with Gasteiger partial charge in [0, 0.05) is 20.3 Å². The molecule has 0 aliphatic rings. The zero-order valence-corrected chi connectivity index (χ0v) is 16.1. The lowest BCUT2D eigenvalue weighted by Crippen LogP contribution is -2.31. The predicted molar refractivity (Wildman–Crippen MR) is 115 cm³/mol. The van der Waals surface area contributed by atoms with Crippen molar-refractivity contribution in [2.24, 2.45) is 4.99 Å². The zero-order chi connectivity index (χ0) is 21.4. The summed E-state index contributed by atoms with van der Waals surface area (Å²) in [6, 6.07) is 11.8. The van der Waals surface area contributed by atoms with Gasteiger partial charge in [-0.25, -0.2) is 14.2 Å². The van der Waals surface area contributed by atoms with Crippen LogP contribution in [0.3, 0.4) is 0 Å². The first-order valence-corrected chi connectivity index (χ1v) is 8.96. The molecule has 0 radical (unpaired) electrons. The molecule has 4 rings (SSSR count). The van der Waals surface area contributed by atoms with Crippen LogP contribution in [-0.2, 0) is 0 Å². The summed E-state index contributed by atoms with van der Waals surface area (Å²) >= 11 is 0. The lowest BCUT2D eigenvalue weighted by atomic mass is 10.2. The van der Waals surface area contributed by atoms with E-state index in [2.05, 4.69) is 19.9 Å². The van der Waals surface area contributed by atoms with Crippen LogP contribution in [-0.4, -0.2) is 44.9 Å². The minimum atomic E-state index is -0.768. The second kappa shape index (κ2) is 7.24. The number of rotatable bonds is 4. The third-order valence-electron chi connectivity index (χ3n) is 4.56. The average molecular weight is 406 g/mol. The van der Waals surface area contributed by atoms with Crippen molar-refractivity contribution in [3.8, 4) is 11.6 Å². The molecule has 0 aliphatic carbocycles. The number of aromatic amines is 3. The molecule has 0 saturated carbocycles. The summed E-state index contributed by atoms with van der Waals surface area (Å²) in [4.78, 5) is 49.8. The standard InChI is InChI=1S/C20H18N6O4/c1-25(2)16-9-14-13(22-19(29)23-14)8-15(16)21-10-12-17(27)24-20(30)26(18(12)28)11-6-4-3-5-7-11/h3-10,28H,1-2H3,(H2,22,23,29)(H,24,27,30). The number of benzene rings is 2. The molecule has 0 bridgehead atoms. The molecule has 10 heteroatoms. The fourth-order valence-corrected chi connectivity index (χ4v) is 3.13. The van der Waals surface area contributed by atoms with Crippen molar-refractivity contribution in [2.45, 2.75) is 0 Å².